The fourth-order valence-electron chi connectivity index (χ4n) is 2.43. The molecule has 0 amide bonds. The Kier molecular flexibility index (Phi) is 3.92. The second-order valence-electron chi connectivity index (χ2n) is 4.90. The molecule has 118 valence electrons. The molecule has 0 bridgehead atoms. The van der Waals surface area contributed by atoms with Crippen LogP contribution in [0.1, 0.15) is 6.92 Å². The smallest absolute Gasteiger partial charge is 0.418 e. The minimum Gasteiger partial charge on any atom is -0.449 e. The first-order valence-electron chi connectivity index (χ1n) is 7.13. The normalized spacial score (nSPS) is 11.5. The summed E-state index contributed by atoms with van der Waals surface area (Å²) in [4.78, 5) is 12.4. The third kappa shape index (κ3) is 2.61. The summed E-state index contributed by atoms with van der Waals surface area (Å²) in [6, 6.07) is 15.0. The third-order valence-electron chi connectivity index (χ3n) is 3.48. The molecule has 3 aromatic rings. The Morgan fingerprint density at radius 2 is 1.70 bits per heavy atom. The van der Waals surface area contributed by atoms with Crippen molar-refractivity contribution in [2.24, 2.45) is 0 Å². The van der Waals surface area contributed by atoms with Gasteiger partial charge in [-0.3, -0.25) is 4.57 Å². The molecule has 0 saturated carbocycles. The van der Waals surface area contributed by atoms with E-state index in [0.717, 1.165) is 0 Å². The van der Waals surface area contributed by atoms with E-state index in [2.05, 4.69) is 0 Å². The Morgan fingerprint density at radius 1 is 1.04 bits per heavy atom. The molecule has 0 unspecified atom stereocenters. The maximum atomic E-state index is 12.9. The second-order valence-corrected chi connectivity index (χ2v) is 6.81. The molecule has 0 saturated heterocycles. The van der Waals surface area contributed by atoms with E-state index < -0.39 is 15.9 Å². The number of carbonyl (C=O) groups excluding carboxylic acids is 1. The predicted molar refractivity (Wildman–Crippen MR) is 86.3 cm³/mol. The molecule has 0 aliphatic heterocycles. The zero-order chi connectivity index (χ0) is 16.4. The van der Waals surface area contributed by atoms with E-state index in [0.29, 0.717) is 10.9 Å². The summed E-state index contributed by atoms with van der Waals surface area (Å²) in [7, 11) is -3.72. The maximum absolute atomic E-state index is 12.9. The van der Waals surface area contributed by atoms with Gasteiger partial charge in [0.25, 0.3) is 0 Å². The Labute approximate surface area is 134 Å². The highest BCUT2D eigenvalue weighted by molar-refractivity contribution is 7.91. The number of fused-ring (bicyclic) bond motifs is 1. The lowest BCUT2D eigenvalue weighted by Gasteiger charge is -2.03. The highest BCUT2D eigenvalue weighted by Crippen LogP contribution is 2.30. The van der Waals surface area contributed by atoms with Gasteiger partial charge in [-0.25, -0.2) is 13.2 Å². The van der Waals surface area contributed by atoms with E-state index in [1.54, 1.807) is 49.4 Å². The Balaban J connectivity index is 2.25. The standard InChI is InChI=1S/C17H15NO4S/c1-2-22-17(19)18-12-16(14-10-6-7-11-15(14)18)23(20,21)13-8-4-3-5-9-13/h3-12H,2H2,1H3. The Bertz CT molecular complexity index is 959. The largest absolute Gasteiger partial charge is 0.449 e. The van der Waals surface area contributed by atoms with Gasteiger partial charge in [0.2, 0.25) is 9.84 Å². The van der Waals surface area contributed by atoms with E-state index >= 15 is 0 Å². The van der Waals surface area contributed by atoms with Gasteiger partial charge in [0.15, 0.2) is 0 Å². The summed E-state index contributed by atoms with van der Waals surface area (Å²) in [5, 5.41) is 0.490. The summed E-state index contributed by atoms with van der Waals surface area (Å²) in [6.07, 6.45) is 0.726. The first-order valence-corrected chi connectivity index (χ1v) is 8.61. The van der Waals surface area contributed by atoms with Crippen LogP contribution in [0.3, 0.4) is 0 Å². The van der Waals surface area contributed by atoms with Gasteiger partial charge in [0, 0.05) is 11.6 Å². The summed E-state index contributed by atoms with van der Waals surface area (Å²) >= 11 is 0. The van der Waals surface area contributed by atoms with Crippen LogP contribution in [0.5, 0.6) is 0 Å². The van der Waals surface area contributed by atoms with Gasteiger partial charge < -0.3 is 4.74 Å². The van der Waals surface area contributed by atoms with Crippen LogP contribution in [0.15, 0.2) is 70.6 Å². The lowest BCUT2D eigenvalue weighted by Crippen LogP contribution is -2.12. The zero-order valence-corrected chi connectivity index (χ0v) is 13.3. The average molecular weight is 329 g/mol. The van der Waals surface area contributed by atoms with Crippen LogP contribution >= 0.6 is 0 Å². The minimum absolute atomic E-state index is 0.0901. The van der Waals surface area contributed by atoms with Crippen LogP contribution in [0.4, 0.5) is 4.79 Å². The molecule has 0 spiro atoms. The van der Waals surface area contributed by atoms with Crippen molar-refractivity contribution < 1.29 is 17.9 Å². The topological polar surface area (TPSA) is 65.4 Å². The summed E-state index contributed by atoms with van der Waals surface area (Å²) in [5.74, 6) is 0. The quantitative estimate of drug-likeness (QED) is 0.738. The molecule has 2 aromatic carbocycles. The van der Waals surface area contributed by atoms with Crippen LogP contribution in [0.25, 0.3) is 10.9 Å². The fourth-order valence-corrected chi connectivity index (χ4v) is 3.91. The van der Waals surface area contributed by atoms with Crippen molar-refractivity contribution in [2.45, 2.75) is 16.7 Å². The van der Waals surface area contributed by atoms with Gasteiger partial charge in [-0.1, -0.05) is 36.4 Å². The predicted octanol–water partition coefficient (Wildman–Crippen LogP) is 3.48. The lowest BCUT2D eigenvalue weighted by molar-refractivity contribution is 0.155. The van der Waals surface area contributed by atoms with Crippen molar-refractivity contribution in [3.05, 3.63) is 60.8 Å². The number of carbonyl (C=O) groups is 1. The van der Waals surface area contributed by atoms with Crippen molar-refractivity contribution >= 4 is 26.8 Å². The van der Waals surface area contributed by atoms with Crippen molar-refractivity contribution in [3.8, 4) is 0 Å². The van der Waals surface area contributed by atoms with Gasteiger partial charge in [0.1, 0.15) is 0 Å². The number of para-hydroxylation sites is 1. The third-order valence-corrected chi connectivity index (χ3v) is 5.28. The molecule has 0 fully saturated rings. The van der Waals surface area contributed by atoms with E-state index in [9.17, 15) is 13.2 Å². The number of sulfone groups is 1. The monoisotopic (exact) mass is 329 g/mol. The number of ether oxygens (including phenoxy) is 1. The first kappa shape index (κ1) is 15.3. The van der Waals surface area contributed by atoms with E-state index in [1.807, 2.05) is 0 Å². The number of rotatable bonds is 3. The summed E-state index contributed by atoms with van der Waals surface area (Å²) in [6.45, 7) is 1.91. The van der Waals surface area contributed by atoms with Crippen molar-refractivity contribution in [2.75, 3.05) is 6.61 Å². The molecule has 23 heavy (non-hydrogen) atoms. The summed E-state index contributed by atoms with van der Waals surface area (Å²) < 4.78 is 32.0. The molecule has 0 aliphatic rings. The number of nitrogens with zero attached hydrogens (tertiary/aromatic N) is 1. The van der Waals surface area contributed by atoms with Gasteiger partial charge in [-0.2, -0.15) is 0 Å². The van der Waals surface area contributed by atoms with Gasteiger partial charge in [-0.15, -0.1) is 0 Å². The average Bonchev–Trinajstić information content (AvgIpc) is 2.96. The summed E-state index contributed by atoms with van der Waals surface area (Å²) in [5.41, 5.74) is 0.500. The highest BCUT2D eigenvalue weighted by atomic mass is 32.2. The van der Waals surface area contributed by atoms with Crippen molar-refractivity contribution in [1.82, 2.24) is 4.57 Å². The molecule has 6 heteroatoms. The minimum atomic E-state index is -3.72. The molecular weight excluding hydrogens is 314 g/mol. The fraction of sp³-hybridized carbons (Fsp3) is 0.118. The van der Waals surface area contributed by atoms with Crippen LogP contribution in [0, 0.1) is 0 Å². The van der Waals surface area contributed by atoms with Gasteiger partial charge >= 0.3 is 6.09 Å². The number of hydrogen-bond donors (Lipinski definition) is 0. The molecule has 0 atom stereocenters. The van der Waals surface area contributed by atoms with Crippen LogP contribution < -0.4 is 0 Å². The zero-order valence-electron chi connectivity index (χ0n) is 12.5. The van der Waals surface area contributed by atoms with Crippen molar-refractivity contribution in [3.63, 3.8) is 0 Å². The van der Waals surface area contributed by atoms with Crippen molar-refractivity contribution in [1.29, 1.82) is 0 Å². The van der Waals surface area contributed by atoms with E-state index in [1.165, 1.54) is 22.9 Å². The first-order chi connectivity index (χ1) is 11.1. The lowest BCUT2D eigenvalue weighted by atomic mass is 10.2. The number of aromatic nitrogens is 1. The second kappa shape index (κ2) is 5.89. The molecule has 0 radical (unpaired) electrons. The highest BCUT2D eigenvalue weighted by Gasteiger charge is 2.25. The SMILES string of the molecule is CCOC(=O)n1cc(S(=O)(=O)c2ccccc2)c2ccccc21. The molecule has 0 aliphatic carbocycles. The van der Waals surface area contributed by atoms with Crippen LogP contribution in [-0.2, 0) is 14.6 Å². The van der Waals surface area contributed by atoms with Crippen LogP contribution in [0.2, 0.25) is 0 Å². The molecule has 0 N–H and O–H groups in total. The Morgan fingerprint density at radius 3 is 2.39 bits per heavy atom. The molecule has 1 aromatic heterocycles. The molecule has 3 rings (SSSR count). The van der Waals surface area contributed by atoms with Gasteiger partial charge in [-0.05, 0) is 25.1 Å². The van der Waals surface area contributed by atoms with E-state index in [4.69, 9.17) is 4.74 Å². The molecule has 5 nitrogen and oxygen atoms in total. The number of benzene rings is 2. The number of hydrogen-bond acceptors (Lipinski definition) is 4. The maximum Gasteiger partial charge on any atom is 0.418 e. The molecule has 1 heterocycles. The van der Waals surface area contributed by atoms with Crippen LogP contribution in [-0.4, -0.2) is 25.7 Å². The Hall–Kier alpha value is -2.60. The van der Waals surface area contributed by atoms with Gasteiger partial charge in [0.05, 0.1) is 21.9 Å². The molecular formula is C17H15NO4S. The van der Waals surface area contributed by atoms with E-state index in [-0.39, 0.29) is 16.4 Å².